The van der Waals surface area contributed by atoms with Gasteiger partial charge in [0.2, 0.25) is 0 Å². The lowest BCUT2D eigenvalue weighted by Gasteiger charge is -2.21. The van der Waals surface area contributed by atoms with E-state index in [0.29, 0.717) is 12.5 Å². The van der Waals surface area contributed by atoms with Crippen LogP contribution in [0.15, 0.2) is 6.20 Å². The second-order valence-corrected chi connectivity index (χ2v) is 5.50. The van der Waals surface area contributed by atoms with E-state index in [-0.39, 0.29) is 5.54 Å². The van der Waals surface area contributed by atoms with Crippen molar-refractivity contribution in [2.75, 3.05) is 7.11 Å². The van der Waals surface area contributed by atoms with Crippen molar-refractivity contribution in [3.63, 3.8) is 0 Å². The first-order valence-electron chi connectivity index (χ1n) is 5.98. The van der Waals surface area contributed by atoms with E-state index < -0.39 is 0 Å². The van der Waals surface area contributed by atoms with Crippen LogP contribution >= 0.6 is 0 Å². The van der Waals surface area contributed by atoms with E-state index in [4.69, 9.17) is 4.74 Å². The van der Waals surface area contributed by atoms with Crippen molar-refractivity contribution >= 4 is 0 Å². The highest BCUT2D eigenvalue weighted by molar-refractivity contribution is 5.25. The van der Waals surface area contributed by atoms with E-state index in [1.165, 1.54) is 0 Å². The summed E-state index contributed by atoms with van der Waals surface area (Å²) in [4.78, 5) is 8.84. The average molecular weight is 237 g/mol. The fraction of sp³-hybridized carbons (Fsp3) is 0.692. The third-order valence-corrected chi connectivity index (χ3v) is 2.37. The van der Waals surface area contributed by atoms with Gasteiger partial charge in [0.1, 0.15) is 5.82 Å². The molecule has 1 aromatic rings. The van der Waals surface area contributed by atoms with Crippen molar-refractivity contribution in [2.24, 2.45) is 0 Å². The lowest BCUT2D eigenvalue weighted by atomic mass is 10.1. The Kier molecular flexibility index (Phi) is 4.46. The van der Waals surface area contributed by atoms with Gasteiger partial charge in [-0.05, 0) is 20.8 Å². The average Bonchev–Trinajstić information content (AvgIpc) is 2.24. The Morgan fingerprint density at radius 3 is 2.47 bits per heavy atom. The van der Waals surface area contributed by atoms with Crippen LogP contribution < -0.4 is 10.1 Å². The van der Waals surface area contributed by atoms with Crippen LogP contribution in [0.3, 0.4) is 0 Å². The van der Waals surface area contributed by atoms with Crippen molar-refractivity contribution in [1.29, 1.82) is 0 Å². The Morgan fingerprint density at radius 1 is 1.35 bits per heavy atom. The number of nitrogens with one attached hydrogen (secondary N) is 1. The third kappa shape index (κ3) is 4.30. The lowest BCUT2D eigenvalue weighted by Crippen LogP contribution is -2.35. The van der Waals surface area contributed by atoms with Gasteiger partial charge in [-0.2, -0.15) is 0 Å². The van der Waals surface area contributed by atoms with Crippen molar-refractivity contribution in [1.82, 2.24) is 15.3 Å². The van der Waals surface area contributed by atoms with E-state index in [0.717, 1.165) is 17.3 Å². The van der Waals surface area contributed by atoms with E-state index >= 15 is 0 Å². The molecule has 0 fully saturated rings. The van der Waals surface area contributed by atoms with Crippen molar-refractivity contribution < 1.29 is 4.74 Å². The van der Waals surface area contributed by atoms with Gasteiger partial charge in [0.25, 0.3) is 0 Å². The van der Waals surface area contributed by atoms with Crippen LogP contribution in [0, 0.1) is 0 Å². The minimum Gasteiger partial charge on any atom is -0.493 e. The lowest BCUT2D eigenvalue weighted by molar-refractivity contribution is 0.383. The molecule has 0 saturated carbocycles. The standard InChI is InChI=1S/C13H23N3O/c1-9(2)12-14-8-11(17-6)10(16-12)7-15-13(3,4)5/h8-9,15H,7H2,1-6H3. The predicted octanol–water partition coefficient (Wildman–Crippen LogP) is 2.50. The number of rotatable bonds is 4. The van der Waals surface area contributed by atoms with Gasteiger partial charge >= 0.3 is 0 Å². The SMILES string of the molecule is COc1cnc(C(C)C)nc1CNC(C)(C)C. The maximum Gasteiger partial charge on any atom is 0.159 e. The summed E-state index contributed by atoms with van der Waals surface area (Å²) in [5.74, 6) is 1.93. The molecule has 0 spiro atoms. The summed E-state index contributed by atoms with van der Waals surface area (Å²) >= 11 is 0. The molecule has 17 heavy (non-hydrogen) atoms. The molecule has 4 nitrogen and oxygen atoms in total. The van der Waals surface area contributed by atoms with Gasteiger partial charge in [-0.1, -0.05) is 13.8 Å². The summed E-state index contributed by atoms with van der Waals surface area (Å²) in [6.45, 7) is 11.2. The minimum absolute atomic E-state index is 0.0634. The number of ether oxygens (including phenoxy) is 1. The van der Waals surface area contributed by atoms with Crippen LogP contribution in [0.4, 0.5) is 0 Å². The highest BCUT2D eigenvalue weighted by Crippen LogP contribution is 2.18. The first-order valence-corrected chi connectivity index (χ1v) is 5.98. The number of methoxy groups -OCH3 is 1. The molecule has 1 aromatic heterocycles. The smallest absolute Gasteiger partial charge is 0.159 e. The van der Waals surface area contributed by atoms with Gasteiger partial charge in [0.15, 0.2) is 5.75 Å². The normalized spacial score (nSPS) is 11.9. The van der Waals surface area contributed by atoms with Gasteiger partial charge in [-0.25, -0.2) is 9.97 Å². The topological polar surface area (TPSA) is 47.0 Å². The summed E-state index contributed by atoms with van der Waals surface area (Å²) in [6.07, 6.45) is 1.75. The van der Waals surface area contributed by atoms with Crippen LogP contribution in [0.5, 0.6) is 5.75 Å². The van der Waals surface area contributed by atoms with Gasteiger partial charge in [0.05, 0.1) is 19.0 Å². The maximum absolute atomic E-state index is 5.28. The highest BCUT2D eigenvalue weighted by atomic mass is 16.5. The highest BCUT2D eigenvalue weighted by Gasteiger charge is 2.14. The Bertz CT molecular complexity index is 369. The Labute approximate surface area is 104 Å². The van der Waals surface area contributed by atoms with Crippen LogP contribution in [-0.2, 0) is 6.54 Å². The van der Waals surface area contributed by atoms with Gasteiger partial charge in [-0.3, -0.25) is 0 Å². The molecule has 1 N–H and O–H groups in total. The molecule has 0 aromatic carbocycles. The molecule has 0 aliphatic carbocycles. The van der Waals surface area contributed by atoms with Crippen LogP contribution in [-0.4, -0.2) is 22.6 Å². The summed E-state index contributed by atoms with van der Waals surface area (Å²) in [5, 5.41) is 3.41. The van der Waals surface area contributed by atoms with Gasteiger partial charge in [-0.15, -0.1) is 0 Å². The summed E-state index contributed by atoms with van der Waals surface area (Å²) in [5.41, 5.74) is 0.981. The summed E-state index contributed by atoms with van der Waals surface area (Å²) in [7, 11) is 1.65. The van der Waals surface area contributed by atoms with Crippen molar-refractivity contribution in [3.8, 4) is 5.75 Å². The molecule has 0 bridgehead atoms. The fourth-order valence-corrected chi connectivity index (χ4v) is 1.35. The van der Waals surface area contributed by atoms with Crippen LogP contribution in [0.25, 0.3) is 0 Å². The minimum atomic E-state index is 0.0634. The zero-order chi connectivity index (χ0) is 13.1. The zero-order valence-corrected chi connectivity index (χ0v) is 11.7. The first kappa shape index (κ1) is 13.9. The molecule has 0 amide bonds. The van der Waals surface area contributed by atoms with E-state index in [1.807, 2.05) is 0 Å². The molecular formula is C13H23N3O. The number of hydrogen-bond donors (Lipinski definition) is 1. The van der Waals surface area contributed by atoms with E-state index in [9.17, 15) is 0 Å². The third-order valence-electron chi connectivity index (χ3n) is 2.37. The molecule has 0 saturated heterocycles. The fourth-order valence-electron chi connectivity index (χ4n) is 1.35. The predicted molar refractivity (Wildman–Crippen MR) is 69.3 cm³/mol. The molecule has 0 radical (unpaired) electrons. The van der Waals surface area contributed by atoms with Gasteiger partial charge in [0, 0.05) is 18.0 Å². The molecular weight excluding hydrogens is 214 g/mol. The first-order chi connectivity index (χ1) is 7.83. The number of hydrogen-bond acceptors (Lipinski definition) is 4. The largest absolute Gasteiger partial charge is 0.493 e. The number of aromatic nitrogens is 2. The molecule has 0 aliphatic rings. The monoisotopic (exact) mass is 237 g/mol. The van der Waals surface area contributed by atoms with Crippen molar-refractivity contribution in [3.05, 3.63) is 17.7 Å². The molecule has 0 unspecified atom stereocenters. The van der Waals surface area contributed by atoms with Crippen molar-refractivity contribution in [2.45, 2.75) is 52.6 Å². The Balaban J connectivity index is 2.90. The summed E-state index contributed by atoms with van der Waals surface area (Å²) < 4.78 is 5.28. The molecule has 1 heterocycles. The molecule has 1 rings (SSSR count). The van der Waals surface area contributed by atoms with Crippen LogP contribution in [0.2, 0.25) is 0 Å². The van der Waals surface area contributed by atoms with Crippen LogP contribution in [0.1, 0.15) is 52.1 Å². The quantitative estimate of drug-likeness (QED) is 0.874. The Hall–Kier alpha value is -1.16. The molecule has 96 valence electrons. The number of nitrogens with zero attached hydrogens (tertiary/aromatic N) is 2. The van der Waals surface area contributed by atoms with Gasteiger partial charge < -0.3 is 10.1 Å². The van der Waals surface area contributed by atoms with E-state index in [2.05, 4.69) is 49.9 Å². The summed E-state index contributed by atoms with van der Waals surface area (Å²) in [6, 6.07) is 0. The van der Waals surface area contributed by atoms with E-state index in [1.54, 1.807) is 13.3 Å². The Morgan fingerprint density at radius 2 is 2.00 bits per heavy atom. The second kappa shape index (κ2) is 5.45. The second-order valence-electron chi connectivity index (χ2n) is 5.50. The molecule has 4 heteroatoms. The zero-order valence-electron chi connectivity index (χ0n) is 11.7. The molecule has 0 atom stereocenters. The molecule has 0 aliphatic heterocycles. The maximum atomic E-state index is 5.28.